The van der Waals surface area contributed by atoms with Gasteiger partial charge in [0.05, 0.1) is 0 Å². The Kier molecular flexibility index (Phi) is 5.21. The molecule has 1 aromatic rings. The molecule has 1 saturated carbocycles. The molecule has 1 amide bonds. The summed E-state index contributed by atoms with van der Waals surface area (Å²) in [5.74, 6) is 1.84. The fourth-order valence-electron chi connectivity index (χ4n) is 2.86. The Balaban J connectivity index is 2.15. The highest BCUT2D eigenvalue weighted by Gasteiger charge is 2.23. The lowest BCUT2D eigenvalue weighted by atomic mass is 10.1. The summed E-state index contributed by atoms with van der Waals surface area (Å²) in [6.45, 7) is 9.27. The highest BCUT2D eigenvalue weighted by molar-refractivity contribution is 5.95. The fraction of sp³-hybridized carbons (Fsp3) is 0.647. The van der Waals surface area contributed by atoms with E-state index >= 15 is 0 Å². The van der Waals surface area contributed by atoms with Gasteiger partial charge in [-0.3, -0.25) is 4.79 Å². The van der Waals surface area contributed by atoms with Crippen LogP contribution in [0.1, 0.15) is 68.9 Å². The molecule has 0 spiro atoms. The highest BCUT2D eigenvalue weighted by Crippen LogP contribution is 2.25. The lowest BCUT2D eigenvalue weighted by molar-refractivity contribution is 0.0937. The van der Waals surface area contributed by atoms with Gasteiger partial charge in [-0.1, -0.05) is 20.8 Å². The Bertz CT molecular complexity index is 499. The van der Waals surface area contributed by atoms with Crippen LogP contribution in [0.25, 0.3) is 0 Å². The van der Waals surface area contributed by atoms with Crippen LogP contribution in [0.5, 0.6) is 0 Å². The maximum Gasteiger partial charge on any atom is 0.251 e. The molecule has 1 fully saturated rings. The van der Waals surface area contributed by atoms with Crippen LogP contribution in [0.15, 0.2) is 12.1 Å². The fourth-order valence-corrected chi connectivity index (χ4v) is 2.86. The van der Waals surface area contributed by atoms with Crippen LogP contribution in [0.4, 0.5) is 5.82 Å². The second-order valence-corrected chi connectivity index (χ2v) is 6.44. The van der Waals surface area contributed by atoms with Crippen molar-refractivity contribution in [2.45, 2.75) is 58.9 Å². The van der Waals surface area contributed by atoms with Crippen molar-refractivity contribution in [3.63, 3.8) is 0 Å². The minimum Gasteiger partial charge on any atom is -0.370 e. The van der Waals surface area contributed by atoms with Crippen molar-refractivity contribution in [3.05, 3.63) is 23.4 Å². The van der Waals surface area contributed by atoms with Gasteiger partial charge in [-0.15, -0.1) is 0 Å². The van der Waals surface area contributed by atoms with Crippen molar-refractivity contribution in [1.82, 2.24) is 10.3 Å². The summed E-state index contributed by atoms with van der Waals surface area (Å²) in [6, 6.07) is 4.09. The van der Waals surface area contributed by atoms with E-state index in [0.717, 1.165) is 36.8 Å². The minimum absolute atomic E-state index is 0.0255. The third-order valence-electron chi connectivity index (χ3n) is 4.09. The lowest BCUT2D eigenvalue weighted by Crippen LogP contribution is -2.33. The maximum atomic E-state index is 12.5. The van der Waals surface area contributed by atoms with Crippen LogP contribution in [-0.2, 0) is 0 Å². The topological polar surface area (TPSA) is 54.0 Å². The molecule has 1 aromatic heterocycles. The molecular formula is C17H27N3O. The van der Waals surface area contributed by atoms with Gasteiger partial charge in [-0.25, -0.2) is 4.98 Å². The summed E-state index contributed by atoms with van der Waals surface area (Å²) in [4.78, 5) is 17.0. The first-order chi connectivity index (χ1) is 9.99. The SMILES string of the molecule is CCNc1cc(C(=O)NC2CCC(C)C2)cc(C(C)C)n1. The molecule has 0 aromatic carbocycles. The molecule has 0 radical (unpaired) electrons. The molecule has 2 unspecified atom stereocenters. The van der Waals surface area contributed by atoms with E-state index in [1.165, 1.54) is 6.42 Å². The average molecular weight is 289 g/mol. The van der Waals surface area contributed by atoms with E-state index in [2.05, 4.69) is 36.4 Å². The maximum absolute atomic E-state index is 12.5. The molecule has 0 bridgehead atoms. The van der Waals surface area contributed by atoms with Gasteiger partial charge < -0.3 is 10.6 Å². The predicted octanol–water partition coefficient (Wildman–Crippen LogP) is 3.56. The molecule has 2 N–H and O–H groups in total. The second kappa shape index (κ2) is 6.92. The van der Waals surface area contributed by atoms with Crippen LogP contribution >= 0.6 is 0 Å². The van der Waals surface area contributed by atoms with Crippen LogP contribution < -0.4 is 10.6 Å². The molecule has 21 heavy (non-hydrogen) atoms. The summed E-state index contributed by atoms with van der Waals surface area (Å²) in [6.07, 6.45) is 3.39. The predicted molar refractivity (Wildman–Crippen MR) is 86.8 cm³/mol. The van der Waals surface area contributed by atoms with E-state index < -0.39 is 0 Å². The molecule has 4 nitrogen and oxygen atoms in total. The first kappa shape index (κ1) is 15.8. The number of carbonyl (C=O) groups excluding carboxylic acids is 1. The molecule has 1 aliphatic rings. The van der Waals surface area contributed by atoms with E-state index in [0.29, 0.717) is 17.5 Å². The van der Waals surface area contributed by atoms with Gasteiger partial charge in [0.1, 0.15) is 5.82 Å². The van der Waals surface area contributed by atoms with Gasteiger partial charge >= 0.3 is 0 Å². The molecule has 1 aliphatic carbocycles. The normalized spacial score (nSPS) is 21.6. The van der Waals surface area contributed by atoms with Crippen molar-refractivity contribution in [1.29, 1.82) is 0 Å². The number of hydrogen-bond acceptors (Lipinski definition) is 3. The quantitative estimate of drug-likeness (QED) is 0.871. The third kappa shape index (κ3) is 4.19. The zero-order valence-corrected chi connectivity index (χ0v) is 13.6. The van der Waals surface area contributed by atoms with Crippen molar-refractivity contribution >= 4 is 11.7 Å². The molecular weight excluding hydrogens is 262 g/mol. The number of amides is 1. The number of aromatic nitrogens is 1. The van der Waals surface area contributed by atoms with Gasteiger partial charge in [-0.05, 0) is 50.2 Å². The van der Waals surface area contributed by atoms with Crippen LogP contribution in [0, 0.1) is 5.92 Å². The smallest absolute Gasteiger partial charge is 0.251 e. The van der Waals surface area contributed by atoms with Crippen LogP contribution in [-0.4, -0.2) is 23.5 Å². The Morgan fingerprint density at radius 1 is 1.38 bits per heavy atom. The van der Waals surface area contributed by atoms with Crippen LogP contribution in [0.3, 0.4) is 0 Å². The Morgan fingerprint density at radius 3 is 2.71 bits per heavy atom. The Morgan fingerprint density at radius 2 is 2.14 bits per heavy atom. The van der Waals surface area contributed by atoms with E-state index in [1.807, 2.05) is 19.1 Å². The molecule has 1 heterocycles. The van der Waals surface area contributed by atoms with E-state index in [9.17, 15) is 4.79 Å². The summed E-state index contributed by atoms with van der Waals surface area (Å²) in [5.41, 5.74) is 1.67. The van der Waals surface area contributed by atoms with E-state index in [4.69, 9.17) is 0 Å². The van der Waals surface area contributed by atoms with Crippen molar-refractivity contribution < 1.29 is 4.79 Å². The summed E-state index contributed by atoms with van der Waals surface area (Å²) in [7, 11) is 0. The van der Waals surface area contributed by atoms with Crippen LogP contribution in [0.2, 0.25) is 0 Å². The van der Waals surface area contributed by atoms with E-state index in [1.54, 1.807) is 0 Å². The summed E-state index contributed by atoms with van der Waals surface area (Å²) >= 11 is 0. The summed E-state index contributed by atoms with van der Waals surface area (Å²) in [5, 5.41) is 6.37. The molecule has 2 atom stereocenters. The first-order valence-corrected chi connectivity index (χ1v) is 8.06. The first-order valence-electron chi connectivity index (χ1n) is 8.06. The number of nitrogens with zero attached hydrogens (tertiary/aromatic N) is 1. The van der Waals surface area contributed by atoms with Crippen molar-refractivity contribution in [3.8, 4) is 0 Å². The van der Waals surface area contributed by atoms with Gasteiger partial charge in [0.25, 0.3) is 5.91 Å². The zero-order chi connectivity index (χ0) is 15.4. The van der Waals surface area contributed by atoms with Crippen molar-refractivity contribution in [2.75, 3.05) is 11.9 Å². The zero-order valence-electron chi connectivity index (χ0n) is 13.6. The Hall–Kier alpha value is -1.58. The molecule has 116 valence electrons. The number of anilines is 1. The third-order valence-corrected chi connectivity index (χ3v) is 4.09. The number of rotatable bonds is 5. The molecule has 0 aliphatic heterocycles. The van der Waals surface area contributed by atoms with Gasteiger partial charge in [0.15, 0.2) is 0 Å². The molecule has 4 heteroatoms. The summed E-state index contributed by atoms with van der Waals surface area (Å²) < 4.78 is 0. The molecule has 2 rings (SSSR count). The lowest BCUT2D eigenvalue weighted by Gasteiger charge is -2.15. The minimum atomic E-state index is 0.0255. The largest absolute Gasteiger partial charge is 0.370 e. The van der Waals surface area contributed by atoms with Gasteiger partial charge in [0, 0.05) is 23.8 Å². The van der Waals surface area contributed by atoms with Gasteiger partial charge in [0.2, 0.25) is 0 Å². The molecule has 0 saturated heterocycles. The van der Waals surface area contributed by atoms with Crippen molar-refractivity contribution in [2.24, 2.45) is 5.92 Å². The standard InChI is InChI=1S/C17H27N3O/c1-5-18-16-10-13(9-15(20-16)11(2)3)17(21)19-14-7-6-12(4)8-14/h9-12,14H,5-8H2,1-4H3,(H,18,20)(H,19,21). The number of pyridine rings is 1. The number of carbonyl (C=O) groups is 1. The second-order valence-electron chi connectivity index (χ2n) is 6.44. The highest BCUT2D eigenvalue weighted by atomic mass is 16.1. The Labute approximate surface area is 127 Å². The number of nitrogens with one attached hydrogen (secondary N) is 2. The average Bonchev–Trinajstić information content (AvgIpc) is 2.84. The monoisotopic (exact) mass is 289 g/mol. The number of hydrogen-bond donors (Lipinski definition) is 2. The van der Waals surface area contributed by atoms with Gasteiger partial charge in [-0.2, -0.15) is 0 Å². The van der Waals surface area contributed by atoms with E-state index in [-0.39, 0.29) is 5.91 Å².